The average Bonchev–Trinajstić information content (AvgIpc) is 2.40. The third-order valence-corrected chi connectivity index (χ3v) is 4.75. The third kappa shape index (κ3) is 3.72. The second kappa shape index (κ2) is 6.42. The van der Waals surface area contributed by atoms with E-state index in [2.05, 4.69) is 12.2 Å². The Balaban J connectivity index is 1.72. The number of carbonyl (C=O) groups is 1. The maximum atomic E-state index is 12.2. The molecule has 0 aliphatic heterocycles. The smallest absolute Gasteiger partial charge is 0.223 e. The summed E-state index contributed by atoms with van der Waals surface area (Å²) >= 11 is 0. The van der Waals surface area contributed by atoms with E-state index in [1.165, 1.54) is 51.4 Å². The highest BCUT2D eigenvalue weighted by atomic mass is 16.1. The van der Waals surface area contributed by atoms with E-state index in [9.17, 15) is 4.79 Å². The minimum Gasteiger partial charge on any atom is -0.353 e. The summed E-state index contributed by atoms with van der Waals surface area (Å²) in [5, 5.41) is 3.28. The van der Waals surface area contributed by atoms with Gasteiger partial charge < -0.3 is 5.32 Å². The SMILES string of the molecule is CCC1CCC(C(=O)NC2CCCCC2)CC1. The van der Waals surface area contributed by atoms with E-state index in [0.29, 0.717) is 17.9 Å². The Hall–Kier alpha value is -0.530. The summed E-state index contributed by atoms with van der Waals surface area (Å²) in [5.74, 6) is 1.56. The Morgan fingerprint density at radius 2 is 1.65 bits per heavy atom. The fourth-order valence-electron chi connectivity index (χ4n) is 3.40. The van der Waals surface area contributed by atoms with Gasteiger partial charge >= 0.3 is 0 Å². The van der Waals surface area contributed by atoms with Crippen molar-refractivity contribution in [2.24, 2.45) is 11.8 Å². The van der Waals surface area contributed by atoms with E-state index in [-0.39, 0.29) is 0 Å². The largest absolute Gasteiger partial charge is 0.353 e. The molecule has 2 heteroatoms. The minimum atomic E-state index is 0.319. The molecule has 0 aromatic heterocycles. The molecule has 0 spiro atoms. The summed E-state index contributed by atoms with van der Waals surface area (Å²) in [7, 11) is 0. The van der Waals surface area contributed by atoms with Gasteiger partial charge in [0.1, 0.15) is 0 Å². The number of rotatable bonds is 3. The van der Waals surface area contributed by atoms with Gasteiger partial charge in [-0.1, -0.05) is 32.6 Å². The van der Waals surface area contributed by atoms with Gasteiger partial charge in [-0.2, -0.15) is 0 Å². The van der Waals surface area contributed by atoms with Gasteiger partial charge in [0.25, 0.3) is 0 Å². The zero-order chi connectivity index (χ0) is 12.1. The fraction of sp³-hybridized carbons (Fsp3) is 0.933. The molecular formula is C15H27NO. The molecular weight excluding hydrogens is 210 g/mol. The van der Waals surface area contributed by atoms with Crippen molar-refractivity contribution < 1.29 is 4.79 Å². The molecule has 0 unspecified atom stereocenters. The van der Waals surface area contributed by atoms with Crippen molar-refractivity contribution >= 4 is 5.91 Å². The van der Waals surface area contributed by atoms with Crippen LogP contribution in [0.5, 0.6) is 0 Å². The lowest BCUT2D eigenvalue weighted by molar-refractivity contribution is -0.127. The van der Waals surface area contributed by atoms with Crippen molar-refractivity contribution in [2.75, 3.05) is 0 Å². The van der Waals surface area contributed by atoms with Crippen LogP contribution in [0.15, 0.2) is 0 Å². The molecule has 0 heterocycles. The summed E-state index contributed by atoms with van der Waals surface area (Å²) < 4.78 is 0. The predicted octanol–water partition coefficient (Wildman–Crippen LogP) is 3.65. The van der Waals surface area contributed by atoms with E-state index in [1.807, 2.05) is 0 Å². The number of hydrogen-bond acceptors (Lipinski definition) is 1. The first-order chi connectivity index (χ1) is 8.29. The van der Waals surface area contributed by atoms with Gasteiger partial charge in [-0.15, -0.1) is 0 Å². The molecule has 0 atom stereocenters. The van der Waals surface area contributed by atoms with Gasteiger partial charge in [0, 0.05) is 12.0 Å². The van der Waals surface area contributed by atoms with Crippen molar-refractivity contribution in [2.45, 2.75) is 77.2 Å². The molecule has 0 aromatic carbocycles. The molecule has 0 radical (unpaired) electrons. The van der Waals surface area contributed by atoms with Crippen molar-refractivity contribution in [3.63, 3.8) is 0 Å². The average molecular weight is 237 g/mol. The van der Waals surface area contributed by atoms with Crippen molar-refractivity contribution in [1.82, 2.24) is 5.32 Å². The van der Waals surface area contributed by atoms with Crippen LogP contribution in [0.1, 0.15) is 71.1 Å². The third-order valence-electron chi connectivity index (χ3n) is 4.75. The molecule has 1 N–H and O–H groups in total. The first kappa shape index (κ1) is 12.9. The lowest BCUT2D eigenvalue weighted by atomic mass is 9.80. The topological polar surface area (TPSA) is 29.1 Å². The zero-order valence-corrected chi connectivity index (χ0v) is 11.2. The summed E-state index contributed by atoms with van der Waals surface area (Å²) in [6, 6.07) is 0.486. The quantitative estimate of drug-likeness (QED) is 0.797. The molecule has 2 saturated carbocycles. The molecule has 2 fully saturated rings. The van der Waals surface area contributed by atoms with Crippen molar-refractivity contribution in [3.05, 3.63) is 0 Å². The Labute approximate surface area is 106 Å². The van der Waals surface area contributed by atoms with Crippen LogP contribution in [0.4, 0.5) is 0 Å². The van der Waals surface area contributed by atoms with Crippen LogP contribution in [0.3, 0.4) is 0 Å². The highest BCUT2D eigenvalue weighted by Crippen LogP contribution is 2.31. The van der Waals surface area contributed by atoms with Crippen molar-refractivity contribution in [1.29, 1.82) is 0 Å². The van der Waals surface area contributed by atoms with E-state index >= 15 is 0 Å². The van der Waals surface area contributed by atoms with Crippen LogP contribution in [-0.4, -0.2) is 11.9 Å². The summed E-state index contributed by atoms with van der Waals surface area (Å²) in [5.41, 5.74) is 0. The van der Waals surface area contributed by atoms with Crippen LogP contribution >= 0.6 is 0 Å². The van der Waals surface area contributed by atoms with Gasteiger partial charge in [-0.25, -0.2) is 0 Å². The molecule has 0 saturated heterocycles. The zero-order valence-electron chi connectivity index (χ0n) is 11.2. The molecule has 0 bridgehead atoms. The van der Waals surface area contributed by atoms with Gasteiger partial charge in [-0.3, -0.25) is 4.79 Å². The van der Waals surface area contributed by atoms with E-state index in [0.717, 1.165) is 18.8 Å². The van der Waals surface area contributed by atoms with E-state index < -0.39 is 0 Å². The Bertz CT molecular complexity index is 237. The van der Waals surface area contributed by atoms with Gasteiger partial charge in [0.15, 0.2) is 0 Å². The normalized spacial score (nSPS) is 31.1. The van der Waals surface area contributed by atoms with Gasteiger partial charge in [-0.05, 0) is 44.4 Å². The van der Waals surface area contributed by atoms with Crippen LogP contribution in [-0.2, 0) is 4.79 Å². The second-order valence-electron chi connectivity index (χ2n) is 5.97. The van der Waals surface area contributed by atoms with E-state index in [4.69, 9.17) is 0 Å². The number of hydrogen-bond donors (Lipinski definition) is 1. The second-order valence-corrected chi connectivity index (χ2v) is 5.97. The van der Waals surface area contributed by atoms with Gasteiger partial charge in [0.2, 0.25) is 5.91 Å². The maximum absolute atomic E-state index is 12.2. The Morgan fingerprint density at radius 1 is 1.00 bits per heavy atom. The predicted molar refractivity (Wildman–Crippen MR) is 70.8 cm³/mol. The fourth-order valence-corrected chi connectivity index (χ4v) is 3.40. The molecule has 0 aromatic rings. The van der Waals surface area contributed by atoms with Crippen LogP contribution in [0.2, 0.25) is 0 Å². The van der Waals surface area contributed by atoms with Crippen LogP contribution in [0.25, 0.3) is 0 Å². The summed E-state index contributed by atoms with van der Waals surface area (Å²) in [6.45, 7) is 2.27. The van der Waals surface area contributed by atoms with Gasteiger partial charge in [0.05, 0.1) is 0 Å². The molecule has 1 amide bonds. The number of nitrogens with one attached hydrogen (secondary N) is 1. The minimum absolute atomic E-state index is 0.319. The van der Waals surface area contributed by atoms with Crippen molar-refractivity contribution in [3.8, 4) is 0 Å². The highest BCUT2D eigenvalue weighted by molar-refractivity contribution is 5.79. The molecule has 2 aliphatic rings. The molecule has 2 aliphatic carbocycles. The Kier molecular flexibility index (Phi) is 4.87. The number of amides is 1. The maximum Gasteiger partial charge on any atom is 0.223 e. The molecule has 17 heavy (non-hydrogen) atoms. The van der Waals surface area contributed by atoms with E-state index in [1.54, 1.807) is 0 Å². The monoisotopic (exact) mass is 237 g/mol. The highest BCUT2D eigenvalue weighted by Gasteiger charge is 2.27. The lowest BCUT2D eigenvalue weighted by Gasteiger charge is -2.29. The summed E-state index contributed by atoms with van der Waals surface area (Å²) in [6.07, 6.45) is 12.4. The molecule has 2 rings (SSSR count). The first-order valence-corrected chi connectivity index (χ1v) is 7.60. The standard InChI is InChI=1S/C15H27NO/c1-2-12-8-10-13(11-9-12)15(17)16-14-6-4-3-5-7-14/h12-14H,2-11H2,1H3,(H,16,17). The Morgan fingerprint density at radius 3 is 2.24 bits per heavy atom. The van der Waals surface area contributed by atoms with Crippen LogP contribution in [0, 0.1) is 11.8 Å². The summed E-state index contributed by atoms with van der Waals surface area (Å²) in [4.78, 5) is 12.2. The van der Waals surface area contributed by atoms with Crippen LogP contribution < -0.4 is 5.32 Å². The molecule has 98 valence electrons. The lowest BCUT2D eigenvalue weighted by Crippen LogP contribution is -2.40. The molecule has 2 nitrogen and oxygen atoms in total. The first-order valence-electron chi connectivity index (χ1n) is 7.60. The number of carbonyl (C=O) groups excluding carboxylic acids is 1.